The molecule has 3 aromatic rings. The minimum atomic E-state index is 0.441. The molecule has 0 aliphatic rings. The highest BCUT2D eigenvalue weighted by molar-refractivity contribution is 6.30. The van der Waals surface area contributed by atoms with Crippen LogP contribution in [0.2, 0.25) is 5.15 Å². The third-order valence-corrected chi connectivity index (χ3v) is 3.99. The highest BCUT2D eigenvalue weighted by atomic mass is 35.5. The second-order valence-corrected chi connectivity index (χ2v) is 5.75. The fraction of sp³-hybridized carbons (Fsp3) is 0.158. The molecule has 0 aliphatic heterocycles. The first-order valence-electron chi connectivity index (χ1n) is 7.57. The van der Waals surface area contributed by atoms with E-state index in [0.29, 0.717) is 10.7 Å². The van der Waals surface area contributed by atoms with Gasteiger partial charge in [-0.3, -0.25) is 0 Å². The molecule has 0 fully saturated rings. The highest BCUT2D eigenvalue weighted by Gasteiger charge is 2.06. The molecule has 0 unspecified atom stereocenters. The third-order valence-electron chi connectivity index (χ3n) is 3.80. The van der Waals surface area contributed by atoms with Gasteiger partial charge in [-0.05, 0) is 53.8 Å². The molecule has 0 saturated carbocycles. The number of nitrogens with one attached hydrogen (secondary N) is 1. The first kappa shape index (κ1) is 16.1. The number of nitrogens with zero attached hydrogens (tertiary/aromatic N) is 2. The Hall–Kier alpha value is -2.77. The van der Waals surface area contributed by atoms with Crippen LogP contribution in [0.1, 0.15) is 11.1 Å². The standard InChI is InChI=1S/C19H16ClN3O/c1-24-16-6-7-17-15(10-16)11-18(20)23-19(17)22-9-8-13-2-4-14(12-21)5-3-13/h2-7,10-11H,8-9H2,1H3,(H,22,23). The third kappa shape index (κ3) is 3.58. The largest absolute Gasteiger partial charge is 0.497 e. The van der Waals surface area contributed by atoms with Gasteiger partial charge in [0, 0.05) is 11.9 Å². The number of fused-ring (bicyclic) bond motifs is 1. The van der Waals surface area contributed by atoms with Gasteiger partial charge in [-0.25, -0.2) is 4.98 Å². The summed E-state index contributed by atoms with van der Waals surface area (Å²) in [5.41, 5.74) is 1.83. The molecule has 0 amide bonds. The number of nitriles is 1. The maximum absolute atomic E-state index is 8.83. The molecular formula is C19H16ClN3O. The van der Waals surface area contributed by atoms with Crippen molar-refractivity contribution in [3.63, 3.8) is 0 Å². The SMILES string of the molecule is COc1ccc2c(NCCc3ccc(C#N)cc3)nc(Cl)cc2c1. The second-order valence-electron chi connectivity index (χ2n) is 5.37. The second kappa shape index (κ2) is 7.20. The summed E-state index contributed by atoms with van der Waals surface area (Å²) in [6.45, 7) is 0.723. The lowest BCUT2D eigenvalue weighted by atomic mass is 10.1. The van der Waals surface area contributed by atoms with Crippen molar-refractivity contribution in [2.45, 2.75) is 6.42 Å². The molecule has 0 atom stereocenters. The Bertz CT molecular complexity index is 901. The molecule has 1 aromatic heterocycles. The smallest absolute Gasteiger partial charge is 0.135 e. The van der Waals surface area contributed by atoms with Crippen LogP contribution in [-0.2, 0) is 6.42 Å². The molecule has 5 heteroatoms. The Morgan fingerprint density at radius 1 is 1.17 bits per heavy atom. The van der Waals surface area contributed by atoms with Crippen molar-refractivity contribution in [2.75, 3.05) is 19.0 Å². The zero-order valence-electron chi connectivity index (χ0n) is 13.2. The zero-order valence-corrected chi connectivity index (χ0v) is 14.0. The van der Waals surface area contributed by atoms with E-state index in [2.05, 4.69) is 16.4 Å². The van der Waals surface area contributed by atoms with Gasteiger partial charge in [0.25, 0.3) is 0 Å². The van der Waals surface area contributed by atoms with Gasteiger partial charge in [0.2, 0.25) is 0 Å². The minimum absolute atomic E-state index is 0.441. The monoisotopic (exact) mass is 337 g/mol. The predicted molar refractivity (Wildman–Crippen MR) is 96.7 cm³/mol. The van der Waals surface area contributed by atoms with Crippen molar-refractivity contribution >= 4 is 28.2 Å². The van der Waals surface area contributed by atoms with E-state index in [9.17, 15) is 0 Å². The van der Waals surface area contributed by atoms with Gasteiger partial charge in [-0.2, -0.15) is 5.26 Å². The van der Waals surface area contributed by atoms with Crippen molar-refractivity contribution < 1.29 is 4.74 Å². The van der Waals surface area contributed by atoms with Gasteiger partial charge < -0.3 is 10.1 Å². The molecular weight excluding hydrogens is 322 g/mol. The summed E-state index contributed by atoms with van der Waals surface area (Å²) in [4.78, 5) is 4.39. The van der Waals surface area contributed by atoms with E-state index >= 15 is 0 Å². The summed E-state index contributed by atoms with van der Waals surface area (Å²) in [5, 5.41) is 14.6. The first-order chi connectivity index (χ1) is 11.7. The lowest BCUT2D eigenvalue weighted by Crippen LogP contribution is -2.07. The van der Waals surface area contributed by atoms with E-state index < -0.39 is 0 Å². The van der Waals surface area contributed by atoms with E-state index in [4.69, 9.17) is 21.6 Å². The molecule has 1 N–H and O–H groups in total. The fourth-order valence-corrected chi connectivity index (χ4v) is 2.74. The maximum atomic E-state index is 8.83. The topological polar surface area (TPSA) is 57.9 Å². The number of anilines is 1. The molecule has 0 bridgehead atoms. The Kier molecular flexibility index (Phi) is 4.83. The first-order valence-corrected chi connectivity index (χ1v) is 7.94. The molecule has 24 heavy (non-hydrogen) atoms. The molecule has 3 rings (SSSR count). The quantitative estimate of drug-likeness (QED) is 0.700. The van der Waals surface area contributed by atoms with Gasteiger partial charge in [0.15, 0.2) is 0 Å². The average Bonchev–Trinajstić information content (AvgIpc) is 2.61. The van der Waals surface area contributed by atoms with Crippen molar-refractivity contribution in [1.82, 2.24) is 4.98 Å². The van der Waals surface area contributed by atoms with Crippen LogP contribution in [0.25, 0.3) is 10.8 Å². The number of pyridine rings is 1. The number of ether oxygens (including phenoxy) is 1. The van der Waals surface area contributed by atoms with E-state index in [0.717, 1.165) is 40.9 Å². The van der Waals surface area contributed by atoms with Gasteiger partial charge in [-0.1, -0.05) is 23.7 Å². The predicted octanol–water partition coefficient (Wildman–Crippen LogP) is 4.42. The molecule has 0 radical (unpaired) electrons. The summed E-state index contributed by atoms with van der Waals surface area (Å²) in [6.07, 6.45) is 0.831. The lowest BCUT2D eigenvalue weighted by Gasteiger charge is -2.11. The van der Waals surface area contributed by atoms with Crippen LogP contribution in [0.3, 0.4) is 0 Å². The maximum Gasteiger partial charge on any atom is 0.135 e. The molecule has 4 nitrogen and oxygen atoms in total. The Balaban J connectivity index is 1.75. The Morgan fingerprint density at radius 2 is 1.96 bits per heavy atom. The normalized spacial score (nSPS) is 10.4. The number of benzene rings is 2. The number of halogens is 1. The summed E-state index contributed by atoms with van der Waals surface area (Å²) >= 11 is 6.13. The van der Waals surface area contributed by atoms with Crippen LogP contribution >= 0.6 is 11.6 Å². The lowest BCUT2D eigenvalue weighted by molar-refractivity contribution is 0.415. The van der Waals surface area contributed by atoms with Crippen LogP contribution in [0.5, 0.6) is 5.75 Å². The van der Waals surface area contributed by atoms with Crippen molar-refractivity contribution in [2.24, 2.45) is 0 Å². The molecule has 2 aromatic carbocycles. The van der Waals surface area contributed by atoms with Gasteiger partial charge in [-0.15, -0.1) is 0 Å². The van der Waals surface area contributed by atoms with Crippen molar-refractivity contribution in [3.8, 4) is 11.8 Å². The zero-order chi connectivity index (χ0) is 16.9. The van der Waals surface area contributed by atoms with Crippen LogP contribution in [0.15, 0.2) is 48.5 Å². The summed E-state index contributed by atoms with van der Waals surface area (Å²) in [7, 11) is 1.64. The van der Waals surface area contributed by atoms with Crippen LogP contribution in [0.4, 0.5) is 5.82 Å². The summed E-state index contributed by atoms with van der Waals surface area (Å²) in [5.74, 6) is 1.54. The van der Waals surface area contributed by atoms with Crippen LogP contribution in [-0.4, -0.2) is 18.6 Å². The molecule has 0 spiro atoms. The number of methoxy groups -OCH3 is 1. The molecule has 0 aliphatic carbocycles. The number of aromatic nitrogens is 1. The van der Waals surface area contributed by atoms with Crippen LogP contribution < -0.4 is 10.1 Å². The summed E-state index contributed by atoms with van der Waals surface area (Å²) in [6, 6.07) is 17.4. The molecule has 1 heterocycles. The Morgan fingerprint density at radius 3 is 2.67 bits per heavy atom. The van der Waals surface area contributed by atoms with Crippen LogP contribution in [0, 0.1) is 11.3 Å². The minimum Gasteiger partial charge on any atom is -0.497 e. The molecule has 120 valence electrons. The van der Waals surface area contributed by atoms with Gasteiger partial charge in [0.1, 0.15) is 16.7 Å². The summed E-state index contributed by atoms with van der Waals surface area (Å²) < 4.78 is 5.25. The van der Waals surface area contributed by atoms with Gasteiger partial charge in [0.05, 0.1) is 18.7 Å². The number of hydrogen-bond acceptors (Lipinski definition) is 4. The van der Waals surface area contributed by atoms with Crippen molar-refractivity contribution in [3.05, 3.63) is 64.8 Å². The van der Waals surface area contributed by atoms with E-state index in [1.54, 1.807) is 7.11 Å². The van der Waals surface area contributed by atoms with E-state index in [-0.39, 0.29) is 0 Å². The fourth-order valence-electron chi connectivity index (χ4n) is 2.54. The molecule has 0 saturated heterocycles. The van der Waals surface area contributed by atoms with Crippen molar-refractivity contribution in [1.29, 1.82) is 5.26 Å². The van der Waals surface area contributed by atoms with E-state index in [1.807, 2.05) is 48.5 Å². The van der Waals surface area contributed by atoms with E-state index in [1.165, 1.54) is 0 Å². The number of rotatable bonds is 5. The van der Waals surface area contributed by atoms with Gasteiger partial charge >= 0.3 is 0 Å². The number of hydrogen-bond donors (Lipinski definition) is 1. The average molecular weight is 338 g/mol. The highest BCUT2D eigenvalue weighted by Crippen LogP contribution is 2.28. The Labute approximate surface area is 145 Å².